The van der Waals surface area contributed by atoms with Gasteiger partial charge in [-0.15, -0.1) is 0 Å². The monoisotopic (exact) mass is 333 g/mol. The number of nitrogens with one attached hydrogen (secondary N) is 2. The van der Waals surface area contributed by atoms with Gasteiger partial charge in [0.2, 0.25) is 5.91 Å². The molecule has 0 aliphatic rings. The van der Waals surface area contributed by atoms with E-state index >= 15 is 0 Å². The van der Waals surface area contributed by atoms with Crippen molar-refractivity contribution >= 4 is 46.8 Å². The molecule has 0 saturated carbocycles. The molecule has 1 atom stereocenters. The summed E-state index contributed by atoms with van der Waals surface area (Å²) in [6, 6.07) is 1.21. The van der Waals surface area contributed by atoms with Crippen molar-refractivity contribution in [3.63, 3.8) is 0 Å². The number of hydrogen-bond donors (Lipinski definition) is 4. The maximum absolute atomic E-state index is 11.7. The van der Waals surface area contributed by atoms with E-state index in [0.29, 0.717) is 0 Å². The number of hydrogen-bond acceptors (Lipinski definition) is 3. The topological polar surface area (TPSA) is 122 Å². The van der Waals surface area contributed by atoms with E-state index in [1.54, 1.807) is 6.92 Å². The molecule has 0 spiro atoms. The van der Waals surface area contributed by atoms with Gasteiger partial charge < -0.3 is 21.5 Å². The van der Waals surface area contributed by atoms with E-state index in [4.69, 9.17) is 34.0 Å². The fraction of sp³-hybridized carbons (Fsp3) is 0.250. The minimum Gasteiger partial charge on any atom is -0.478 e. The zero-order valence-corrected chi connectivity index (χ0v) is 12.5. The number of amides is 3. The van der Waals surface area contributed by atoms with Gasteiger partial charge in [-0.3, -0.25) is 4.79 Å². The minimum absolute atomic E-state index is 0.0161. The van der Waals surface area contributed by atoms with Crippen molar-refractivity contribution in [2.45, 2.75) is 19.4 Å². The number of carbonyl (C=O) groups excluding carboxylic acids is 2. The van der Waals surface area contributed by atoms with Crippen molar-refractivity contribution < 1.29 is 19.5 Å². The van der Waals surface area contributed by atoms with Gasteiger partial charge in [-0.05, 0) is 19.1 Å². The van der Waals surface area contributed by atoms with Gasteiger partial charge >= 0.3 is 12.0 Å². The van der Waals surface area contributed by atoms with Crippen LogP contribution in [0.25, 0.3) is 0 Å². The molecule has 3 amide bonds. The molecule has 9 heteroatoms. The molecule has 114 valence electrons. The van der Waals surface area contributed by atoms with Gasteiger partial charge in [0, 0.05) is 12.5 Å². The molecule has 0 saturated heterocycles. The van der Waals surface area contributed by atoms with Crippen LogP contribution in [0, 0.1) is 0 Å². The number of carboxylic acid groups (broad SMARTS) is 1. The normalized spacial score (nSPS) is 11.6. The van der Waals surface area contributed by atoms with Crippen LogP contribution < -0.4 is 16.4 Å². The van der Waals surface area contributed by atoms with Gasteiger partial charge in [0.15, 0.2) is 0 Å². The zero-order valence-electron chi connectivity index (χ0n) is 10.9. The van der Waals surface area contributed by atoms with Crippen LogP contribution in [0.15, 0.2) is 12.1 Å². The molecule has 0 bridgehead atoms. The van der Waals surface area contributed by atoms with Gasteiger partial charge in [0.1, 0.15) is 0 Å². The van der Waals surface area contributed by atoms with E-state index in [-0.39, 0.29) is 27.7 Å². The quantitative estimate of drug-likeness (QED) is 0.658. The van der Waals surface area contributed by atoms with Crippen LogP contribution in [0.1, 0.15) is 23.7 Å². The van der Waals surface area contributed by atoms with Gasteiger partial charge in [0.05, 0.1) is 21.3 Å². The molecule has 0 aromatic heterocycles. The summed E-state index contributed by atoms with van der Waals surface area (Å²) in [6.07, 6.45) is -0.0210. The van der Waals surface area contributed by atoms with Gasteiger partial charge in [-0.2, -0.15) is 0 Å². The predicted molar refractivity (Wildman–Crippen MR) is 78.8 cm³/mol. The average molecular weight is 334 g/mol. The van der Waals surface area contributed by atoms with E-state index in [2.05, 4.69) is 10.6 Å². The molecular formula is C12H13Cl2N3O4. The summed E-state index contributed by atoms with van der Waals surface area (Å²) in [5, 5.41) is 13.7. The molecule has 1 aromatic carbocycles. The molecule has 21 heavy (non-hydrogen) atoms. The van der Waals surface area contributed by atoms with E-state index in [9.17, 15) is 14.4 Å². The fourth-order valence-corrected chi connectivity index (χ4v) is 2.12. The number of aromatic carboxylic acids is 1. The van der Waals surface area contributed by atoms with E-state index < -0.39 is 23.9 Å². The highest BCUT2D eigenvalue weighted by Gasteiger charge is 2.16. The van der Waals surface area contributed by atoms with Crippen molar-refractivity contribution in [1.82, 2.24) is 5.32 Å². The maximum Gasteiger partial charge on any atom is 0.335 e. The Morgan fingerprint density at radius 3 is 2.24 bits per heavy atom. The Morgan fingerprint density at radius 1 is 1.29 bits per heavy atom. The number of halogens is 2. The van der Waals surface area contributed by atoms with Crippen molar-refractivity contribution in [3.05, 3.63) is 27.7 Å². The first-order chi connectivity index (χ1) is 9.70. The second kappa shape index (κ2) is 7.14. The second-order valence-electron chi connectivity index (χ2n) is 4.29. The largest absolute Gasteiger partial charge is 0.478 e. The predicted octanol–water partition coefficient (Wildman–Crippen LogP) is 2.08. The third kappa shape index (κ3) is 5.13. The smallest absolute Gasteiger partial charge is 0.335 e. The second-order valence-corrected chi connectivity index (χ2v) is 5.10. The lowest BCUT2D eigenvalue weighted by Crippen LogP contribution is -2.38. The zero-order chi connectivity index (χ0) is 16.2. The summed E-state index contributed by atoms with van der Waals surface area (Å²) in [7, 11) is 0. The first-order valence-corrected chi connectivity index (χ1v) is 6.54. The number of anilines is 1. The SMILES string of the molecule is CC(CC(N)=O)NC(=O)Nc1c(Cl)cc(C(=O)O)cc1Cl. The average Bonchev–Trinajstić information content (AvgIpc) is 2.32. The third-order valence-corrected chi connectivity index (χ3v) is 3.01. The summed E-state index contributed by atoms with van der Waals surface area (Å²) in [6.45, 7) is 1.60. The van der Waals surface area contributed by atoms with Crippen molar-refractivity contribution in [1.29, 1.82) is 0 Å². The van der Waals surface area contributed by atoms with Gasteiger partial charge in [-0.1, -0.05) is 23.2 Å². The Bertz CT molecular complexity index is 569. The Morgan fingerprint density at radius 2 is 1.81 bits per heavy atom. The summed E-state index contributed by atoms with van der Waals surface area (Å²) in [5.41, 5.74) is 4.98. The summed E-state index contributed by atoms with van der Waals surface area (Å²) in [5.74, 6) is -1.74. The third-order valence-electron chi connectivity index (χ3n) is 2.41. The number of urea groups is 1. The Hall–Kier alpha value is -1.99. The lowest BCUT2D eigenvalue weighted by molar-refractivity contribution is -0.118. The molecule has 1 unspecified atom stereocenters. The molecule has 5 N–H and O–H groups in total. The minimum atomic E-state index is -1.19. The number of carbonyl (C=O) groups is 3. The molecule has 7 nitrogen and oxygen atoms in total. The first-order valence-electron chi connectivity index (χ1n) is 5.79. The lowest BCUT2D eigenvalue weighted by atomic mass is 10.2. The molecule has 0 heterocycles. The van der Waals surface area contributed by atoms with Crippen LogP contribution in [-0.4, -0.2) is 29.1 Å². The van der Waals surface area contributed by atoms with Crippen LogP contribution in [0.4, 0.5) is 10.5 Å². The number of primary amides is 1. The van der Waals surface area contributed by atoms with Crippen molar-refractivity contribution in [2.24, 2.45) is 5.73 Å². The Kier molecular flexibility index (Phi) is 5.80. The summed E-state index contributed by atoms with van der Waals surface area (Å²) >= 11 is 11.8. The molecule has 0 aliphatic heterocycles. The van der Waals surface area contributed by atoms with Gasteiger partial charge in [0.25, 0.3) is 0 Å². The molecule has 0 aliphatic carbocycles. The van der Waals surface area contributed by atoms with Crippen LogP contribution in [0.5, 0.6) is 0 Å². The highest BCUT2D eigenvalue weighted by atomic mass is 35.5. The summed E-state index contributed by atoms with van der Waals surface area (Å²) < 4.78 is 0. The van der Waals surface area contributed by atoms with Gasteiger partial charge in [-0.25, -0.2) is 9.59 Å². The van der Waals surface area contributed by atoms with E-state index in [0.717, 1.165) is 12.1 Å². The number of nitrogens with two attached hydrogens (primary N) is 1. The van der Waals surface area contributed by atoms with E-state index in [1.807, 2.05) is 0 Å². The molecule has 0 radical (unpaired) electrons. The van der Waals surface area contributed by atoms with Crippen molar-refractivity contribution in [3.8, 4) is 0 Å². The van der Waals surface area contributed by atoms with Crippen LogP contribution in [-0.2, 0) is 4.79 Å². The van der Waals surface area contributed by atoms with Crippen molar-refractivity contribution in [2.75, 3.05) is 5.32 Å². The number of rotatable bonds is 5. The van der Waals surface area contributed by atoms with Crippen LogP contribution >= 0.6 is 23.2 Å². The number of carboxylic acids is 1. The number of benzene rings is 1. The molecular weight excluding hydrogens is 321 g/mol. The van der Waals surface area contributed by atoms with Crippen LogP contribution in [0.2, 0.25) is 10.0 Å². The van der Waals surface area contributed by atoms with E-state index in [1.165, 1.54) is 0 Å². The molecule has 1 aromatic rings. The Labute approximate surface area is 130 Å². The molecule has 1 rings (SSSR count). The standard InChI is InChI=1S/C12H13Cl2N3O4/c1-5(2-9(15)18)16-12(21)17-10-7(13)3-6(11(19)20)4-8(10)14/h3-5H,2H2,1H3,(H2,15,18)(H,19,20)(H2,16,17,21). The summed E-state index contributed by atoms with van der Waals surface area (Å²) in [4.78, 5) is 33.3. The highest BCUT2D eigenvalue weighted by molar-refractivity contribution is 6.40. The lowest BCUT2D eigenvalue weighted by Gasteiger charge is -2.15. The maximum atomic E-state index is 11.7. The Balaban J connectivity index is 2.81. The van der Waals surface area contributed by atoms with Crippen LogP contribution in [0.3, 0.4) is 0 Å². The molecule has 0 fully saturated rings. The first kappa shape index (κ1) is 17.1. The highest BCUT2D eigenvalue weighted by Crippen LogP contribution is 2.31. The fourth-order valence-electron chi connectivity index (χ4n) is 1.54.